The van der Waals surface area contributed by atoms with Crippen LogP contribution in [-0.2, 0) is 4.74 Å². The lowest BCUT2D eigenvalue weighted by molar-refractivity contribution is 0.0168. The Morgan fingerprint density at radius 1 is 1.47 bits per heavy atom. The Kier molecular flexibility index (Phi) is 4.02. The van der Waals surface area contributed by atoms with E-state index in [9.17, 15) is 4.79 Å². The Morgan fingerprint density at radius 3 is 2.53 bits per heavy atom. The summed E-state index contributed by atoms with van der Waals surface area (Å²) in [4.78, 5) is 13.8. The molecule has 1 fully saturated rings. The largest absolute Gasteiger partial charge is 0.444 e. The van der Waals surface area contributed by atoms with Crippen LogP contribution >= 0.6 is 0 Å². The van der Waals surface area contributed by atoms with E-state index in [1.165, 1.54) is 5.57 Å². The summed E-state index contributed by atoms with van der Waals surface area (Å²) in [6.45, 7) is 16.2. The molecule has 0 spiro atoms. The van der Waals surface area contributed by atoms with Crippen molar-refractivity contribution in [2.24, 2.45) is 0 Å². The number of piperidine rings is 1. The molecule has 1 heterocycles. The normalized spacial score (nSPS) is 21.3. The van der Waals surface area contributed by atoms with Gasteiger partial charge in [0, 0.05) is 6.54 Å². The summed E-state index contributed by atoms with van der Waals surface area (Å²) < 4.78 is 5.41. The van der Waals surface area contributed by atoms with Crippen LogP contribution in [0, 0.1) is 0 Å². The van der Waals surface area contributed by atoms with Crippen molar-refractivity contribution in [1.82, 2.24) is 4.90 Å². The quantitative estimate of drug-likeness (QED) is 0.653. The number of rotatable bonds is 1. The second kappa shape index (κ2) is 4.94. The molecule has 0 aliphatic carbocycles. The highest BCUT2D eigenvalue weighted by molar-refractivity contribution is 5.69. The van der Waals surface area contributed by atoms with E-state index in [1.54, 1.807) is 4.90 Å². The van der Waals surface area contributed by atoms with Crippen molar-refractivity contribution in [2.75, 3.05) is 6.54 Å². The molecule has 0 unspecified atom stereocenters. The molecule has 3 nitrogen and oxygen atoms in total. The first kappa shape index (κ1) is 13.8. The van der Waals surface area contributed by atoms with Crippen LogP contribution in [0.1, 0.15) is 40.5 Å². The van der Waals surface area contributed by atoms with Gasteiger partial charge < -0.3 is 9.64 Å². The highest BCUT2D eigenvalue weighted by atomic mass is 16.6. The lowest BCUT2D eigenvalue weighted by atomic mass is 9.94. The van der Waals surface area contributed by atoms with E-state index in [1.807, 2.05) is 27.7 Å². The van der Waals surface area contributed by atoms with Crippen molar-refractivity contribution in [3.8, 4) is 0 Å². The minimum absolute atomic E-state index is 0.0334. The topological polar surface area (TPSA) is 29.5 Å². The first-order valence-electron chi connectivity index (χ1n) is 6.02. The van der Waals surface area contributed by atoms with Gasteiger partial charge in [0.1, 0.15) is 5.60 Å². The average Bonchev–Trinajstić information content (AvgIpc) is 2.14. The van der Waals surface area contributed by atoms with Gasteiger partial charge in [-0.25, -0.2) is 4.79 Å². The van der Waals surface area contributed by atoms with E-state index in [4.69, 9.17) is 4.74 Å². The standard InChI is InChI=1S/C14H23NO2/c1-10(2)12-9-11(3)7-8-15(12)13(16)17-14(4,5)6/h12H,1,3,7-9H2,2,4-6H3/t12-/m1/s1. The number of hydrogen-bond acceptors (Lipinski definition) is 2. The summed E-state index contributed by atoms with van der Waals surface area (Å²) in [5, 5.41) is 0. The minimum atomic E-state index is -0.453. The zero-order valence-electron chi connectivity index (χ0n) is 11.4. The fourth-order valence-corrected chi connectivity index (χ4v) is 1.90. The van der Waals surface area contributed by atoms with Gasteiger partial charge in [-0.05, 0) is 40.5 Å². The fraction of sp³-hybridized carbons (Fsp3) is 0.643. The van der Waals surface area contributed by atoms with Gasteiger partial charge in [-0.3, -0.25) is 0 Å². The summed E-state index contributed by atoms with van der Waals surface area (Å²) in [5.74, 6) is 0. The van der Waals surface area contributed by atoms with Crippen LogP contribution in [0.3, 0.4) is 0 Å². The molecule has 1 aliphatic rings. The lowest BCUT2D eigenvalue weighted by Gasteiger charge is -2.37. The first-order valence-corrected chi connectivity index (χ1v) is 6.02. The predicted molar refractivity (Wildman–Crippen MR) is 69.9 cm³/mol. The van der Waals surface area contributed by atoms with Crippen molar-refractivity contribution in [1.29, 1.82) is 0 Å². The van der Waals surface area contributed by atoms with Crippen molar-refractivity contribution < 1.29 is 9.53 Å². The molecule has 1 rings (SSSR count). The SMILES string of the molecule is C=C1CCN(C(=O)OC(C)(C)C)[C@@H](C(=C)C)C1. The number of hydrogen-bond donors (Lipinski definition) is 0. The third-order valence-electron chi connectivity index (χ3n) is 2.76. The van der Waals surface area contributed by atoms with E-state index in [0.29, 0.717) is 6.54 Å². The Morgan fingerprint density at radius 2 is 2.06 bits per heavy atom. The third-order valence-corrected chi connectivity index (χ3v) is 2.76. The Bertz CT molecular complexity index is 339. The molecule has 1 atom stereocenters. The highest BCUT2D eigenvalue weighted by Gasteiger charge is 2.31. The zero-order chi connectivity index (χ0) is 13.2. The molecule has 3 heteroatoms. The third kappa shape index (κ3) is 3.91. The van der Waals surface area contributed by atoms with Crippen LogP contribution in [0.4, 0.5) is 4.79 Å². The van der Waals surface area contributed by atoms with Crippen LogP contribution in [0.5, 0.6) is 0 Å². The van der Waals surface area contributed by atoms with Crippen LogP contribution in [0.15, 0.2) is 24.3 Å². The number of nitrogens with zero attached hydrogens (tertiary/aromatic N) is 1. The Labute approximate surface area is 104 Å². The summed E-state index contributed by atoms with van der Waals surface area (Å²) in [7, 11) is 0. The van der Waals surface area contributed by atoms with Crippen LogP contribution < -0.4 is 0 Å². The molecule has 1 aliphatic heterocycles. The molecule has 0 radical (unpaired) electrons. The Balaban J connectivity index is 2.76. The summed E-state index contributed by atoms with van der Waals surface area (Å²) in [6.07, 6.45) is 1.40. The van der Waals surface area contributed by atoms with Crippen molar-refractivity contribution in [3.63, 3.8) is 0 Å². The monoisotopic (exact) mass is 237 g/mol. The average molecular weight is 237 g/mol. The zero-order valence-corrected chi connectivity index (χ0v) is 11.4. The molecule has 0 aromatic heterocycles. The highest BCUT2D eigenvalue weighted by Crippen LogP contribution is 2.26. The lowest BCUT2D eigenvalue weighted by Crippen LogP contribution is -2.46. The first-order chi connectivity index (χ1) is 7.70. The molecule has 1 saturated heterocycles. The van der Waals surface area contributed by atoms with E-state index >= 15 is 0 Å². The minimum Gasteiger partial charge on any atom is -0.444 e. The maximum atomic E-state index is 12.1. The predicted octanol–water partition coefficient (Wildman–Crippen LogP) is 3.52. The van der Waals surface area contributed by atoms with E-state index in [0.717, 1.165) is 18.4 Å². The molecule has 0 aromatic carbocycles. The van der Waals surface area contributed by atoms with E-state index in [-0.39, 0.29) is 12.1 Å². The van der Waals surface area contributed by atoms with Gasteiger partial charge in [0.15, 0.2) is 0 Å². The summed E-state index contributed by atoms with van der Waals surface area (Å²) in [6, 6.07) is 0.0334. The number of ether oxygens (including phenoxy) is 1. The van der Waals surface area contributed by atoms with Crippen LogP contribution in [-0.4, -0.2) is 29.2 Å². The number of likely N-dealkylation sites (tertiary alicyclic amines) is 1. The van der Waals surface area contributed by atoms with Crippen molar-refractivity contribution in [2.45, 2.75) is 52.2 Å². The number of carbonyl (C=O) groups is 1. The van der Waals surface area contributed by atoms with Gasteiger partial charge in [0.25, 0.3) is 0 Å². The smallest absolute Gasteiger partial charge is 0.410 e. The molecule has 17 heavy (non-hydrogen) atoms. The van der Waals surface area contributed by atoms with Gasteiger partial charge in [-0.2, -0.15) is 0 Å². The molecule has 0 N–H and O–H groups in total. The molecular weight excluding hydrogens is 214 g/mol. The van der Waals surface area contributed by atoms with Crippen LogP contribution in [0.25, 0.3) is 0 Å². The summed E-state index contributed by atoms with van der Waals surface area (Å²) >= 11 is 0. The van der Waals surface area contributed by atoms with Gasteiger partial charge in [-0.15, -0.1) is 0 Å². The molecule has 96 valence electrons. The van der Waals surface area contributed by atoms with Crippen LogP contribution in [0.2, 0.25) is 0 Å². The number of carbonyl (C=O) groups excluding carboxylic acids is 1. The van der Waals surface area contributed by atoms with Gasteiger partial charge in [-0.1, -0.05) is 24.3 Å². The van der Waals surface area contributed by atoms with Gasteiger partial charge in [0.05, 0.1) is 6.04 Å². The second-order valence-corrected chi connectivity index (χ2v) is 5.74. The van der Waals surface area contributed by atoms with E-state index in [2.05, 4.69) is 13.2 Å². The molecule has 0 aromatic rings. The van der Waals surface area contributed by atoms with Crippen molar-refractivity contribution >= 4 is 6.09 Å². The maximum absolute atomic E-state index is 12.1. The molecular formula is C14H23NO2. The van der Waals surface area contributed by atoms with Crippen molar-refractivity contribution in [3.05, 3.63) is 24.3 Å². The van der Waals surface area contributed by atoms with Gasteiger partial charge >= 0.3 is 6.09 Å². The Hall–Kier alpha value is -1.25. The summed E-state index contributed by atoms with van der Waals surface area (Å²) in [5.41, 5.74) is 1.71. The molecule has 0 bridgehead atoms. The molecule has 1 amide bonds. The van der Waals surface area contributed by atoms with E-state index < -0.39 is 5.60 Å². The fourth-order valence-electron chi connectivity index (χ4n) is 1.90. The maximum Gasteiger partial charge on any atom is 0.410 e. The second-order valence-electron chi connectivity index (χ2n) is 5.74. The number of amides is 1. The van der Waals surface area contributed by atoms with Gasteiger partial charge in [0.2, 0.25) is 0 Å². The molecule has 0 saturated carbocycles.